The molecule has 2 fully saturated rings. The monoisotopic (exact) mass is 333 g/mol. The minimum Gasteiger partial charge on any atom is -0.444 e. The lowest BCUT2D eigenvalue weighted by Crippen LogP contribution is -2.48. The highest BCUT2D eigenvalue weighted by Crippen LogP contribution is 2.42. The van der Waals surface area contributed by atoms with Crippen LogP contribution in [0, 0.1) is 0 Å². The third-order valence-corrected chi connectivity index (χ3v) is 4.52. The highest BCUT2D eigenvalue weighted by Gasteiger charge is 2.61. The highest BCUT2D eigenvalue weighted by molar-refractivity contribution is 6.48. The van der Waals surface area contributed by atoms with Crippen molar-refractivity contribution in [2.45, 2.75) is 83.6 Å². The summed E-state index contributed by atoms with van der Waals surface area (Å²) < 4.78 is 44.8. The Morgan fingerprint density at radius 1 is 1.17 bits per heavy atom. The lowest BCUT2D eigenvalue weighted by Gasteiger charge is -2.32. The van der Waals surface area contributed by atoms with Crippen molar-refractivity contribution in [1.82, 2.24) is 4.90 Å². The molecule has 0 radical (unpaired) electrons. The van der Waals surface area contributed by atoms with Gasteiger partial charge in [0, 0.05) is 6.42 Å². The zero-order valence-electron chi connectivity index (χ0n) is 14.9. The van der Waals surface area contributed by atoms with E-state index in [4.69, 9.17) is 14.0 Å². The molecule has 0 aliphatic carbocycles. The molecular weight excluding hydrogens is 307 g/mol. The van der Waals surface area contributed by atoms with Crippen LogP contribution in [0.5, 0.6) is 0 Å². The van der Waals surface area contributed by atoms with Crippen LogP contribution in [0.3, 0.4) is 0 Å². The van der Waals surface area contributed by atoms with Crippen LogP contribution >= 0.6 is 0 Å². The van der Waals surface area contributed by atoms with E-state index in [0.29, 0.717) is 0 Å². The Balaban J connectivity index is 2.20. The van der Waals surface area contributed by atoms with Gasteiger partial charge < -0.3 is 18.9 Å². The third-order valence-electron chi connectivity index (χ3n) is 4.52. The van der Waals surface area contributed by atoms with Gasteiger partial charge in [-0.2, -0.15) is 0 Å². The maximum atomic E-state index is 13.9. The molecule has 1 amide bonds. The molecule has 2 aliphatic heterocycles. The molecule has 0 aromatic heterocycles. The largest absolute Gasteiger partial charge is 0.482 e. The second-order valence-corrected chi connectivity index (χ2v) is 8.36. The molecule has 23 heavy (non-hydrogen) atoms. The molecule has 0 saturated carbocycles. The first-order valence-electron chi connectivity index (χ1n) is 7.87. The van der Waals surface area contributed by atoms with Crippen molar-refractivity contribution in [3.8, 4) is 0 Å². The Hall–Kier alpha value is -0.885. The highest BCUT2D eigenvalue weighted by atomic mass is 19.3. The first-order chi connectivity index (χ1) is 10.1. The van der Waals surface area contributed by atoms with Gasteiger partial charge in [0.15, 0.2) is 0 Å². The molecule has 8 heteroatoms. The zero-order valence-corrected chi connectivity index (χ0v) is 14.9. The number of amides is 1. The minimum absolute atomic E-state index is 0.497. The van der Waals surface area contributed by atoms with Crippen LogP contribution < -0.4 is 0 Å². The number of rotatable bonds is 1. The summed E-state index contributed by atoms with van der Waals surface area (Å²) in [6, 6.07) is 0. The van der Waals surface area contributed by atoms with Crippen LogP contribution in [0.15, 0.2) is 0 Å². The molecule has 2 heterocycles. The van der Waals surface area contributed by atoms with Crippen molar-refractivity contribution >= 4 is 13.2 Å². The topological polar surface area (TPSA) is 48.0 Å². The molecule has 0 aromatic carbocycles. The average molecular weight is 333 g/mol. The van der Waals surface area contributed by atoms with E-state index in [1.165, 1.54) is 0 Å². The Kier molecular flexibility index (Phi) is 4.26. The van der Waals surface area contributed by atoms with Crippen LogP contribution in [-0.2, 0) is 14.0 Å². The van der Waals surface area contributed by atoms with Gasteiger partial charge in [0.1, 0.15) is 5.60 Å². The van der Waals surface area contributed by atoms with Gasteiger partial charge >= 0.3 is 13.2 Å². The van der Waals surface area contributed by atoms with Gasteiger partial charge in [-0.3, -0.25) is 0 Å². The van der Waals surface area contributed by atoms with E-state index < -0.39 is 54.8 Å². The van der Waals surface area contributed by atoms with Crippen molar-refractivity contribution in [1.29, 1.82) is 0 Å². The Morgan fingerprint density at radius 3 is 2.09 bits per heavy atom. The fourth-order valence-electron chi connectivity index (χ4n) is 2.66. The van der Waals surface area contributed by atoms with Crippen LogP contribution in [0.2, 0.25) is 0 Å². The minimum atomic E-state index is -2.98. The van der Waals surface area contributed by atoms with Gasteiger partial charge in [0.05, 0.1) is 23.7 Å². The number of alkyl halides is 2. The maximum absolute atomic E-state index is 13.9. The van der Waals surface area contributed by atoms with Crippen molar-refractivity contribution in [2.75, 3.05) is 6.54 Å². The third kappa shape index (κ3) is 3.79. The molecule has 2 rings (SSSR count). The molecule has 0 aromatic rings. The summed E-state index contributed by atoms with van der Waals surface area (Å²) in [5.41, 5.74) is -2.04. The summed E-state index contributed by atoms with van der Waals surface area (Å²) in [5.74, 6) is -3.86. The fraction of sp³-hybridized carbons (Fsp3) is 0.933. The first kappa shape index (κ1) is 18.5. The van der Waals surface area contributed by atoms with Gasteiger partial charge in [-0.1, -0.05) is 0 Å². The van der Waals surface area contributed by atoms with Gasteiger partial charge in [-0.15, -0.1) is 0 Å². The normalized spacial score (nSPS) is 29.0. The van der Waals surface area contributed by atoms with Crippen LogP contribution in [0.1, 0.15) is 54.9 Å². The second kappa shape index (κ2) is 5.31. The Bertz CT molecular complexity index is 474. The number of ether oxygens (including phenoxy) is 1. The predicted octanol–water partition coefficient (Wildman–Crippen LogP) is 3.26. The van der Waals surface area contributed by atoms with E-state index in [-0.39, 0.29) is 0 Å². The van der Waals surface area contributed by atoms with Gasteiger partial charge in [-0.25, -0.2) is 13.6 Å². The summed E-state index contributed by atoms with van der Waals surface area (Å²) in [6.07, 6.45) is -1.27. The van der Waals surface area contributed by atoms with Crippen molar-refractivity contribution in [3.63, 3.8) is 0 Å². The van der Waals surface area contributed by atoms with Crippen molar-refractivity contribution < 1.29 is 27.6 Å². The number of halogens is 2. The summed E-state index contributed by atoms with van der Waals surface area (Å²) in [5, 5.41) is 0. The van der Waals surface area contributed by atoms with Crippen LogP contribution in [-0.4, -0.2) is 53.3 Å². The number of likely N-dealkylation sites (tertiary alicyclic amines) is 1. The van der Waals surface area contributed by atoms with Gasteiger partial charge in [0.25, 0.3) is 5.92 Å². The standard InChI is InChI=1S/C15H26BF2NO4/c1-12(2,3)21-11(20)19-9-15(17,18)8-10(19)16-22-13(4,5)14(6,7)23-16/h10H,8-9H2,1-7H3/t10-/m0/s1. The molecule has 0 bridgehead atoms. The lowest BCUT2D eigenvalue weighted by molar-refractivity contribution is -0.00220. The number of hydrogen-bond donors (Lipinski definition) is 0. The molecule has 0 N–H and O–H groups in total. The number of hydrogen-bond acceptors (Lipinski definition) is 4. The van der Waals surface area contributed by atoms with Gasteiger partial charge in [0.2, 0.25) is 0 Å². The summed E-state index contributed by atoms with van der Waals surface area (Å²) in [4.78, 5) is 13.3. The molecule has 132 valence electrons. The van der Waals surface area contributed by atoms with E-state index in [9.17, 15) is 13.6 Å². The maximum Gasteiger partial charge on any atom is 0.482 e. The SMILES string of the molecule is CC(C)(C)OC(=O)N1CC(F)(F)C[C@H]1B1OC(C)(C)C(C)(C)O1. The Morgan fingerprint density at radius 2 is 1.65 bits per heavy atom. The molecule has 0 unspecified atom stereocenters. The number of carbonyl (C=O) groups is 1. The summed E-state index contributed by atoms with van der Waals surface area (Å²) in [7, 11) is -0.902. The Labute approximate surface area is 136 Å². The smallest absolute Gasteiger partial charge is 0.444 e. The van der Waals surface area contributed by atoms with E-state index in [1.807, 2.05) is 27.7 Å². The van der Waals surface area contributed by atoms with Gasteiger partial charge in [-0.05, 0) is 48.5 Å². The lowest BCUT2D eigenvalue weighted by atomic mass is 9.76. The summed E-state index contributed by atoms with van der Waals surface area (Å²) in [6.45, 7) is 11.8. The quantitative estimate of drug-likeness (QED) is 0.691. The number of carbonyl (C=O) groups excluding carboxylic acids is 1. The zero-order chi connectivity index (χ0) is 17.8. The first-order valence-corrected chi connectivity index (χ1v) is 7.87. The molecule has 5 nitrogen and oxygen atoms in total. The van der Waals surface area contributed by atoms with E-state index in [2.05, 4.69) is 0 Å². The number of nitrogens with zero attached hydrogens (tertiary/aromatic N) is 1. The molecule has 1 atom stereocenters. The van der Waals surface area contributed by atoms with Crippen molar-refractivity contribution in [2.24, 2.45) is 0 Å². The fourth-order valence-corrected chi connectivity index (χ4v) is 2.66. The second-order valence-electron chi connectivity index (χ2n) is 8.36. The van der Waals surface area contributed by atoms with Crippen LogP contribution in [0.4, 0.5) is 13.6 Å². The van der Waals surface area contributed by atoms with Crippen molar-refractivity contribution in [3.05, 3.63) is 0 Å². The molecule has 0 spiro atoms. The van der Waals surface area contributed by atoms with E-state index >= 15 is 0 Å². The predicted molar refractivity (Wildman–Crippen MR) is 82.4 cm³/mol. The molecule has 2 aliphatic rings. The summed E-state index contributed by atoms with van der Waals surface area (Å²) >= 11 is 0. The van der Waals surface area contributed by atoms with E-state index in [0.717, 1.165) is 4.90 Å². The molecular formula is C15H26BF2NO4. The van der Waals surface area contributed by atoms with Crippen LogP contribution in [0.25, 0.3) is 0 Å². The molecule has 2 saturated heterocycles. The van der Waals surface area contributed by atoms with E-state index in [1.54, 1.807) is 20.8 Å². The average Bonchev–Trinajstić information content (AvgIpc) is 2.71.